The lowest BCUT2D eigenvalue weighted by Crippen LogP contribution is -2.35. The van der Waals surface area contributed by atoms with Crippen LogP contribution in [0.4, 0.5) is 13.2 Å². The first kappa shape index (κ1) is 19.2. The summed E-state index contributed by atoms with van der Waals surface area (Å²) in [5.41, 5.74) is 0.701. The van der Waals surface area contributed by atoms with E-state index in [1.165, 1.54) is 0 Å². The monoisotopic (exact) mass is 400 g/mol. The lowest BCUT2D eigenvalue weighted by Gasteiger charge is -2.20. The van der Waals surface area contributed by atoms with Crippen LogP contribution in [0.3, 0.4) is 0 Å². The Kier molecular flexibility index (Phi) is 5.33. The van der Waals surface area contributed by atoms with Crippen molar-refractivity contribution in [3.63, 3.8) is 0 Å². The molecule has 2 aromatic carbocycles. The van der Waals surface area contributed by atoms with E-state index in [9.17, 15) is 18.0 Å². The van der Waals surface area contributed by atoms with Gasteiger partial charge in [0.15, 0.2) is 0 Å². The Labute approximate surface area is 165 Å². The van der Waals surface area contributed by atoms with Crippen LogP contribution < -0.4 is 0 Å². The molecule has 0 atom stereocenters. The topological polar surface area (TPSA) is 51.0 Å². The molecule has 0 unspecified atom stereocenters. The van der Waals surface area contributed by atoms with Gasteiger partial charge < -0.3 is 9.47 Å². The molecule has 4 rings (SSSR count). The van der Waals surface area contributed by atoms with Crippen molar-refractivity contribution >= 4 is 5.91 Å². The van der Waals surface area contributed by atoms with Crippen LogP contribution in [-0.4, -0.2) is 38.7 Å². The largest absolute Gasteiger partial charge is 0.340 e. The summed E-state index contributed by atoms with van der Waals surface area (Å²) in [5, 5.41) is 8.52. The normalized spacial score (nSPS) is 13.8. The average molecular weight is 400 g/mol. The van der Waals surface area contributed by atoms with Gasteiger partial charge in [0.2, 0.25) is 5.91 Å². The number of nitrogens with zero attached hydrogens (tertiary/aromatic N) is 4. The van der Waals surface area contributed by atoms with Gasteiger partial charge in [0.05, 0.1) is 6.42 Å². The molecule has 0 fully saturated rings. The van der Waals surface area contributed by atoms with Crippen molar-refractivity contribution in [3.8, 4) is 0 Å². The van der Waals surface area contributed by atoms with Crippen molar-refractivity contribution in [2.75, 3.05) is 13.1 Å². The van der Waals surface area contributed by atoms with Crippen molar-refractivity contribution in [1.29, 1.82) is 0 Å². The second kappa shape index (κ2) is 8.06. The molecule has 1 amide bonds. The van der Waals surface area contributed by atoms with Gasteiger partial charge in [-0.05, 0) is 5.56 Å². The fourth-order valence-corrected chi connectivity index (χ4v) is 3.55. The van der Waals surface area contributed by atoms with Crippen molar-refractivity contribution in [2.24, 2.45) is 0 Å². The Morgan fingerprint density at radius 3 is 2.41 bits per heavy atom. The lowest BCUT2D eigenvalue weighted by atomic mass is 10.1. The maximum atomic E-state index is 13.9. The van der Waals surface area contributed by atoms with Gasteiger partial charge >= 0.3 is 0 Å². The fraction of sp³-hybridized carbons (Fsp3) is 0.286. The first-order chi connectivity index (χ1) is 14.0. The van der Waals surface area contributed by atoms with Crippen LogP contribution in [0.2, 0.25) is 0 Å². The Bertz CT molecular complexity index is 1010. The van der Waals surface area contributed by atoms with E-state index in [0.717, 1.165) is 17.2 Å². The molecule has 1 aliphatic heterocycles. The summed E-state index contributed by atoms with van der Waals surface area (Å²) in [6.45, 7) is 1.27. The molecular weight excluding hydrogens is 381 g/mol. The van der Waals surface area contributed by atoms with E-state index in [0.29, 0.717) is 44.6 Å². The second-order valence-corrected chi connectivity index (χ2v) is 7.00. The van der Waals surface area contributed by atoms with Crippen LogP contribution >= 0.6 is 0 Å². The number of hydrogen-bond acceptors (Lipinski definition) is 3. The summed E-state index contributed by atoms with van der Waals surface area (Å²) < 4.78 is 42.8. The quantitative estimate of drug-likeness (QED) is 0.677. The van der Waals surface area contributed by atoms with E-state index in [1.54, 1.807) is 4.90 Å². The predicted molar refractivity (Wildman–Crippen MR) is 99.6 cm³/mol. The van der Waals surface area contributed by atoms with Crippen LogP contribution in [0, 0.1) is 17.5 Å². The van der Waals surface area contributed by atoms with Crippen molar-refractivity contribution in [2.45, 2.75) is 25.8 Å². The number of benzene rings is 2. The zero-order valence-electron chi connectivity index (χ0n) is 15.6. The van der Waals surface area contributed by atoms with Crippen molar-refractivity contribution < 1.29 is 18.0 Å². The van der Waals surface area contributed by atoms with Gasteiger partial charge in [-0.1, -0.05) is 30.3 Å². The number of halogens is 3. The number of rotatable bonds is 4. The zero-order valence-corrected chi connectivity index (χ0v) is 15.6. The highest BCUT2D eigenvalue weighted by Crippen LogP contribution is 2.18. The van der Waals surface area contributed by atoms with Crippen molar-refractivity contribution in [3.05, 3.63) is 82.7 Å². The summed E-state index contributed by atoms with van der Waals surface area (Å²) in [6, 6.07) is 11.1. The Hall–Kier alpha value is -3.16. The molecule has 0 saturated carbocycles. The molecule has 0 saturated heterocycles. The zero-order chi connectivity index (χ0) is 20.4. The molecule has 150 valence electrons. The van der Waals surface area contributed by atoms with Gasteiger partial charge in [-0.25, -0.2) is 13.2 Å². The molecule has 0 radical (unpaired) electrons. The molecule has 0 spiro atoms. The fourth-order valence-electron chi connectivity index (χ4n) is 3.55. The third kappa shape index (κ3) is 4.16. The average Bonchev–Trinajstić information content (AvgIpc) is 2.93. The van der Waals surface area contributed by atoms with Gasteiger partial charge in [0.1, 0.15) is 29.1 Å². The summed E-state index contributed by atoms with van der Waals surface area (Å²) >= 11 is 0. The number of aromatic nitrogens is 3. The van der Waals surface area contributed by atoms with Crippen LogP contribution in [0.5, 0.6) is 0 Å². The van der Waals surface area contributed by atoms with Crippen LogP contribution in [0.15, 0.2) is 42.5 Å². The lowest BCUT2D eigenvalue weighted by molar-refractivity contribution is -0.130. The summed E-state index contributed by atoms with van der Waals surface area (Å²) in [6.07, 6.45) is 0.686. The Morgan fingerprint density at radius 1 is 0.966 bits per heavy atom. The molecule has 29 heavy (non-hydrogen) atoms. The highest BCUT2D eigenvalue weighted by molar-refractivity contribution is 5.79. The van der Waals surface area contributed by atoms with E-state index >= 15 is 0 Å². The maximum Gasteiger partial charge on any atom is 0.227 e. The van der Waals surface area contributed by atoms with Crippen LogP contribution in [0.1, 0.15) is 22.8 Å². The van der Waals surface area contributed by atoms with E-state index in [-0.39, 0.29) is 0 Å². The Balaban J connectivity index is 1.45. The molecule has 5 nitrogen and oxygen atoms in total. The highest BCUT2D eigenvalue weighted by atomic mass is 19.1. The van der Waals surface area contributed by atoms with Crippen LogP contribution in [-0.2, 0) is 30.6 Å². The molecule has 1 aromatic heterocycles. The highest BCUT2D eigenvalue weighted by Gasteiger charge is 2.24. The first-order valence-corrected chi connectivity index (χ1v) is 9.37. The third-order valence-electron chi connectivity index (χ3n) is 5.09. The number of carbonyl (C=O) groups excluding carboxylic acids is 1. The molecule has 0 aliphatic carbocycles. The number of hydrogen-bond donors (Lipinski definition) is 0. The Morgan fingerprint density at radius 2 is 1.69 bits per heavy atom. The smallest absolute Gasteiger partial charge is 0.227 e. The summed E-state index contributed by atoms with van der Waals surface area (Å²) in [7, 11) is 0. The van der Waals surface area contributed by atoms with Crippen molar-refractivity contribution in [1.82, 2.24) is 19.7 Å². The van der Waals surface area contributed by atoms with Gasteiger partial charge in [0, 0.05) is 50.2 Å². The molecule has 0 bridgehead atoms. The minimum atomic E-state index is -1.05. The first-order valence-electron chi connectivity index (χ1n) is 9.37. The molecule has 8 heteroatoms. The summed E-state index contributed by atoms with van der Waals surface area (Å²) in [5.74, 6) is -1.91. The van der Waals surface area contributed by atoms with E-state index in [2.05, 4.69) is 10.2 Å². The van der Waals surface area contributed by atoms with E-state index < -0.39 is 35.3 Å². The number of amides is 1. The third-order valence-corrected chi connectivity index (χ3v) is 5.09. The summed E-state index contributed by atoms with van der Waals surface area (Å²) in [4.78, 5) is 14.2. The molecular formula is C21H19F3N4O. The van der Waals surface area contributed by atoms with E-state index in [1.807, 2.05) is 34.9 Å². The van der Waals surface area contributed by atoms with Gasteiger partial charge in [-0.2, -0.15) is 0 Å². The number of carbonyl (C=O) groups is 1. The molecule has 1 aliphatic rings. The van der Waals surface area contributed by atoms with Gasteiger partial charge in [-0.3, -0.25) is 4.79 Å². The maximum absolute atomic E-state index is 13.9. The SMILES string of the molecule is O=C(Cc1c(F)cc(F)cc1F)N1CCc2nnc(Cc3ccccc3)n2CC1. The minimum Gasteiger partial charge on any atom is -0.340 e. The second-order valence-electron chi connectivity index (χ2n) is 7.00. The minimum absolute atomic E-state index is 0.382. The van der Waals surface area contributed by atoms with Gasteiger partial charge in [0.25, 0.3) is 0 Å². The number of fused-ring (bicyclic) bond motifs is 1. The van der Waals surface area contributed by atoms with Crippen LogP contribution in [0.25, 0.3) is 0 Å². The van der Waals surface area contributed by atoms with Gasteiger partial charge in [-0.15, -0.1) is 10.2 Å². The van der Waals surface area contributed by atoms with E-state index in [4.69, 9.17) is 0 Å². The molecule has 2 heterocycles. The predicted octanol–water partition coefficient (Wildman–Crippen LogP) is 2.91. The molecule has 3 aromatic rings. The molecule has 0 N–H and O–H groups in total. The standard InChI is InChI=1S/C21H19F3N4O/c22-15-11-17(23)16(18(24)12-15)13-21(29)27-7-6-19-25-26-20(28(19)9-8-27)10-14-4-2-1-3-5-14/h1-5,11-12H,6-10,13H2.